The maximum Gasteiger partial charge on any atom is 0.343 e. The number of carbonyl (C=O) groups excluding carboxylic acids is 2. The lowest BCUT2D eigenvalue weighted by atomic mass is 9.99. The summed E-state index contributed by atoms with van der Waals surface area (Å²) in [5.41, 5.74) is 12.6. The van der Waals surface area contributed by atoms with Crippen molar-refractivity contribution >= 4 is 52.6 Å². The van der Waals surface area contributed by atoms with E-state index in [0.717, 1.165) is 5.56 Å². The second kappa shape index (κ2) is 12.6. The van der Waals surface area contributed by atoms with Gasteiger partial charge in [0.15, 0.2) is 5.96 Å². The molecule has 1 atom stereocenters. The highest BCUT2D eigenvalue weighted by molar-refractivity contribution is 6.31. The molecular formula is C27H21Cl2N3O5. The van der Waals surface area contributed by atoms with E-state index in [1.54, 1.807) is 36.4 Å². The number of aliphatic imine (C=N–C) groups is 1. The summed E-state index contributed by atoms with van der Waals surface area (Å²) in [5, 5.41) is 10.2. The number of carboxylic acids is 1. The molecular weight excluding hydrogens is 517 g/mol. The normalized spacial score (nSPS) is 11.0. The van der Waals surface area contributed by atoms with Gasteiger partial charge in [0.2, 0.25) is 5.78 Å². The number of carbonyl (C=O) groups is 3. The number of nitrogens with zero attached hydrogens (tertiary/aromatic N) is 1. The molecule has 0 fully saturated rings. The summed E-state index contributed by atoms with van der Waals surface area (Å²) in [4.78, 5) is 40.2. The third kappa shape index (κ3) is 8.39. The number of carboxylic acid groups (broad SMARTS) is 1. The van der Waals surface area contributed by atoms with Crippen LogP contribution in [0.2, 0.25) is 10.0 Å². The first-order chi connectivity index (χ1) is 17.6. The minimum Gasteiger partial charge on any atom is -0.480 e. The SMILES string of the molecule is NC(N)=Nc1ccc(C(=O)Oc2ccc(CC(=O)C#C[C@@H](Cc3ccc(Cl)cc3)C(=O)O)c(Cl)c2)cc1. The highest BCUT2D eigenvalue weighted by Crippen LogP contribution is 2.24. The van der Waals surface area contributed by atoms with Crippen molar-refractivity contribution in [2.45, 2.75) is 12.8 Å². The van der Waals surface area contributed by atoms with E-state index in [4.69, 9.17) is 39.4 Å². The fourth-order valence-corrected chi connectivity index (χ4v) is 3.53. The van der Waals surface area contributed by atoms with E-state index in [1.807, 2.05) is 0 Å². The van der Waals surface area contributed by atoms with E-state index < -0.39 is 23.6 Å². The second-order valence-electron chi connectivity index (χ2n) is 7.82. The molecule has 0 aliphatic carbocycles. The van der Waals surface area contributed by atoms with Crippen LogP contribution in [0.5, 0.6) is 5.75 Å². The van der Waals surface area contributed by atoms with Gasteiger partial charge in [0.1, 0.15) is 11.7 Å². The van der Waals surface area contributed by atoms with Crippen LogP contribution in [-0.2, 0) is 22.4 Å². The molecule has 0 bridgehead atoms. The standard InChI is InChI=1S/C27H21Cl2N3O5/c28-20-7-1-16(2-8-20)13-19(25(34)35)5-11-22(33)14-18-6-12-23(15-24(18)29)37-26(36)17-3-9-21(10-4-17)32-27(30)31/h1-4,6-10,12,15,19H,13-14H2,(H,34,35)(H4,30,31,32)/t19-/m0/s1. The number of hydrogen-bond donors (Lipinski definition) is 3. The first kappa shape index (κ1) is 27.3. The van der Waals surface area contributed by atoms with Crippen LogP contribution in [0, 0.1) is 17.8 Å². The largest absolute Gasteiger partial charge is 0.480 e. The molecule has 0 aromatic heterocycles. The van der Waals surface area contributed by atoms with Crippen LogP contribution in [0.1, 0.15) is 21.5 Å². The summed E-state index contributed by atoms with van der Waals surface area (Å²) >= 11 is 12.1. The minimum atomic E-state index is -1.13. The summed E-state index contributed by atoms with van der Waals surface area (Å²) in [7, 11) is 0. The Bertz CT molecular complexity index is 1400. The number of rotatable bonds is 8. The Labute approximate surface area is 222 Å². The molecule has 0 saturated heterocycles. The van der Waals surface area contributed by atoms with E-state index in [9.17, 15) is 19.5 Å². The van der Waals surface area contributed by atoms with E-state index >= 15 is 0 Å². The van der Waals surface area contributed by atoms with E-state index in [-0.39, 0.29) is 35.1 Å². The number of nitrogens with two attached hydrogens (primary N) is 2. The van der Waals surface area contributed by atoms with Gasteiger partial charge in [0.05, 0.1) is 11.3 Å². The number of guanidine groups is 1. The van der Waals surface area contributed by atoms with Crippen molar-refractivity contribution in [3.05, 3.63) is 93.5 Å². The number of ether oxygens (including phenoxy) is 1. The molecule has 0 spiro atoms. The maximum absolute atomic E-state index is 12.4. The van der Waals surface area contributed by atoms with Gasteiger partial charge in [0.25, 0.3) is 0 Å². The van der Waals surface area contributed by atoms with Crippen molar-refractivity contribution in [1.29, 1.82) is 0 Å². The summed E-state index contributed by atoms with van der Waals surface area (Å²) in [6, 6.07) is 17.3. The van der Waals surface area contributed by atoms with Gasteiger partial charge in [-0.05, 0) is 72.0 Å². The topological polar surface area (TPSA) is 145 Å². The number of benzene rings is 3. The average Bonchev–Trinajstić information content (AvgIpc) is 2.84. The molecule has 37 heavy (non-hydrogen) atoms. The van der Waals surface area contributed by atoms with Gasteiger partial charge < -0.3 is 21.3 Å². The third-order valence-corrected chi connectivity index (χ3v) is 5.59. The van der Waals surface area contributed by atoms with Crippen molar-refractivity contribution < 1.29 is 24.2 Å². The summed E-state index contributed by atoms with van der Waals surface area (Å²) in [6.07, 6.45) is -0.00971. The van der Waals surface area contributed by atoms with Gasteiger partial charge in [-0.3, -0.25) is 9.59 Å². The molecule has 5 N–H and O–H groups in total. The predicted molar refractivity (Wildman–Crippen MR) is 141 cm³/mol. The van der Waals surface area contributed by atoms with Crippen LogP contribution in [-0.4, -0.2) is 28.8 Å². The molecule has 0 aliphatic heterocycles. The quantitative estimate of drug-likeness (QED) is 0.0975. The molecule has 0 heterocycles. The zero-order valence-corrected chi connectivity index (χ0v) is 20.8. The molecule has 0 unspecified atom stereocenters. The van der Waals surface area contributed by atoms with Crippen molar-refractivity contribution in [2.24, 2.45) is 22.4 Å². The molecule has 188 valence electrons. The van der Waals surface area contributed by atoms with Gasteiger partial charge >= 0.3 is 11.9 Å². The Hall–Kier alpha value is -4.32. The molecule has 3 rings (SSSR count). The fraction of sp³-hybridized carbons (Fsp3) is 0.111. The molecule has 0 aliphatic rings. The average molecular weight is 538 g/mol. The first-order valence-electron chi connectivity index (χ1n) is 10.8. The van der Waals surface area contributed by atoms with E-state index in [1.165, 1.54) is 30.3 Å². The van der Waals surface area contributed by atoms with Crippen molar-refractivity contribution in [2.75, 3.05) is 0 Å². The molecule has 10 heteroatoms. The molecule has 0 saturated carbocycles. The van der Waals surface area contributed by atoms with Crippen molar-refractivity contribution in [3.63, 3.8) is 0 Å². The van der Waals surface area contributed by atoms with Gasteiger partial charge in [0, 0.05) is 16.5 Å². The molecule has 3 aromatic carbocycles. The van der Waals surface area contributed by atoms with E-state index in [0.29, 0.717) is 16.3 Å². The van der Waals surface area contributed by atoms with E-state index in [2.05, 4.69) is 16.8 Å². The number of esters is 1. The predicted octanol–water partition coefficient (Wildman–Crippen LogP) is 4.18. The Morgan fingerprint density at radius 3 is 2.24 bits per heavy atom. The zero-order valence-electron chi connectivity index (χ0n) is 19.3. The van der Waals surface area contributed by atoms with Crippen LogP contribution < -0.4 is 16.2 Å². The lowest BCUT2D eigenvalue weighted by Gasteiger charge is -2.08. The highest BCUT2D eigenvalue weighted by atomic mass is 35.5. The lowest BCUT2D eigenvalue weighted by Crippen LogP contribution is -2.21. The fourth-order valence-electron chi connectivity index (χ4n) is 3.16. The third-order valence-electron chi connectivity index (χ3n) is 4.98. The van der Waals surface area contributed by atoms with Gasteiger partial charge in [-0.1, -0.05) is 47.3 Å². The lowest BCUT2D eigenvalue weighted by molar-refractivity contribution is -0.139. The number of aliphatic carboxylic acids is 1. The van der Waals surface area contributed by atoms with Gasteiger partial charge in [-0.25, -0.2) is 9.79 Å². The highest BCUT2D eigenvalue weighted by Gasteiger charge is 2.16. The van der Waals surface area contributed by atoms with Gasteiger partial charge in [-0.2, -0.15) is 0 Å². The summed E-state index contributed by atoms with van der Waals surface area (Å²) in [5.74, 6) is 1.67. The summed E-state index contributed by atoms with van der Waals surface area (Å²) < 4.78 is 5.34. The number of halogens is 2. The number of ketones is 1. The summed E-state index contributed by atoms with van der Waals surface area (Å²) in [6.45, 7) is 0. The molecule has 8 nitrogen and oxygen atoms in total. The van der Waals surface area contributed by atoms with Crippen molar-refractivity contribution in [1.82, 2.24) is 0 Å². The first-order valence-corrected chi connectivity index (χ1v) is 11.6. The van der Waals surface area contributed by atoms with Crippen LogP contribution in [0.3, 0.4) is 0 Å². The minimum absolute atomic E-state index is 0.103. The smallest absolute Gasteiger partial charge is 0.343 e. The molecule has 0 radical (unpaired) electrons. The zero-order chi connectivity index (χ0) is 26.9. The molecule has 3 aromatic rings. The Morgan fingerprint density at radius 1 is 0.973 bits per heavy atom. The molecule has 0 amide bonds. The van der Waals surface area contributed by atoms with Crippen LogP contribution >= 0.6 is 23.2 Å². The Balaban J connectivity index is 1.62. The van der Waals surface area contributed by atoms with Crippen LogP contribution in [0.4, 0.5) is 5.69 Å². The number of hydrogen-bond acceptors (Lipinski definition) is 5. The van der Waals surface area contributed by atoms with Crippen LogP contribution in [0.15, 0.2) is 71.7 Å². The monoisotopic (exact) mass is 537 g/mol. The maximum atomic E-state index is 12.4. The Kier molecular flexibility index (Phi) is 9.27. The van der Waals surface area contributed by atoms with Crippen molar-refractivity contribution in [3.8, 4) is 17.6 Å². The Morgan fingerprint density at radius 2 is 1.65 bits per heavy atom. The van der Waals surface area contributed by atoms with Gasteiger partial charge in [-0.15, -0.1) is 0 Å². The second-order valence-corrected chi connectivity index (χ2v) is 8.66. The van der Waals surface area contributed by atoms with Crippen LogP contribution in [0.25, 0.3) is 0 Å². The number of Topliss-reactive ketones (excluding diaryl/α,β-unsaturated/α-hetero) is 1.